The molecule has 2 rings (SSSR count). The number of hydrogen-bond acceptors (Lipinski definition) is 5. The molecule has 1 N–H and O–H groups in total. The lowest BCUT2D eigenvalue weighted by Gasteiger charge is -2.19. The molecule has 1 amide bonds. The summed E-state index contributed by atoms with van der Waals surface area (Å²) in [5.41, 5.74) is 1.61. The van der Waals surface area contributed by atoms with Crippen molar-refractivity contribution in [2.75, 3.05) is 32.1 Å². The first-order valence-corrected chi connectivity index (χ1v) is 12.5. The number of carbonyl (C=O) groups excluding carboxylic acids is 1. The smallest absolute Gasteiger partial charge is 0.243 e. The first-order chi connectivity index (χ1) is 15.3. The van der Waals surface area contributed by atoms with E-state index in [-0.39, 0.29) is 17.2 Å². The van der Waals surface area contributed by atoms with Gasteiger partial charge >= 0.3 is 0 Å². The number of sulfonamides is 1. The highest BCUT2D eigenvalue weighted by Gasteiger charge is 2.23. The molecule has 0 spiro atoms. The lowest BCUT2D eigenvalue weighted by molar-refractivity contribution is -0.116. The molecule has 176 valence electrons. The second-order valence-corrected chi connectivity index (χ2v) is 9.28. The molecule has 8 heteroatoms. The summed E-state index contributed by atoms with van der Waals surface area (Å²) in [7, 11) is -2.16. The Balaban J connectivity index is 1.95. The van der Waals surface area contributed by atoms with E-state index in [0.717, 1.165) is 18.6 Å². The number of methoxy groups -OCH3 is 1. The summed E-state index contributed by atoms with van der Waals surface area (Å²) in [6, 6.07) is 12.5. The van der Waals surface area contributed by atoms with Crippen LogP contribution in [0.1, 0.15) is 45.6 Å². The van der Waals surface area contributed by atoms with Crippen molar-refractivity contribution in [1.82, 2.24) is 4.31 Å². The molecule has 2 aromatic rings. The maximum Gasteiger partial charge on any atom is 0.243 e. The van der Waals surface area contributed by atoms with Gasteiger partial charge < -0.3 is 14.8 Å². The predicted octanol–water partition coefficient (Wildman–Crippen LogP) is 4.48. The van der Waals surface area contributed by atoms with Crippen molar-refractivity contribution in [3.8, 4) is 11.5 Å². The summed E-state index contributed by atoms with van der Waals surface area (Å²) < 4.78 is 37.9. The fraction of sp³-hybridized carbons (Fsp3) is 0.458. The molecule has 0 aliphatic rings. The number of aryl methyl sites for hydroxylation is 1. The molecule has 0 heterocycles. The number of nitrogens with zero attached hydrogens (tertiary/aromatic N) is 1. The second kappa shape index (κ2) is 12.5. The number of carbonyl (C=O) groups is 1. The molecule has 2 aromatic carbocycles. The molecule has 0 aromatic heterocycles. The van der Waals surface area contributed by atoms with Crippen LogP contribution in [-0.4, -0.2) is 45.4 Å². The quantitative estimate of drug-likeness (QED) is 0.444. The van der Waals surface area contributed by atoms with Crippen LogP contribution < -0.4 is 14.8 Å². The minimum Gasteiger partial charge on any atom is -0.495 e. The Bertz CT molecular complexity index is 970. The molecule has 0 saturated carbocycles. The van der Waals surface area contributed by atoms with E-state index in [1.807, 2.05) is 12.1 Å². The number of ether oxygens (including phenoxy) is 2. The van der Waals surface area contributed by atoms with Crippen molar-refractivity contribution in [2.24, 2.45) is 0 Å². The number of benzene rings is 2. The summed E-state index contributed by atoms with van der Waals surface area (Å²) in [5, 5.41) is 2.77. The van der Waals surface area contributed by atoms with Crippen LogP contribution in [0, 0.1) is 0 Å². The van der Waals surface area contributed by atoms with Gasteiger partial charge in [-0.05, 0) is 48.7 Å². The van der Waals surface area contributed by atoms with Gasteiger partial charge in [0.05, 0.1) is 24.3 Å². The zero-order valence-electron chi connectivity index (χ0n) is 19.4. The van der Waals surface area contributed by atoms with E-state index in [4.69, 9.17) is 9.47 Å². The zero-order valence-corrected chi connectivity index (χ0v) is 20.2. The van der Waals surface area contributed by atoms with Crippen LogP contribution in [0.2, 0.25) is 0 Å². The van der Waals surface area contributed by atoms with Crippen LogP contribution in [0.3, 0.4) is 0 Å². The van der Waals surface area contributed by atoms with E-state index in [1.54, 1.807) is 19.9 Å². The van der Waals surface area contributed by atoms with Crippen LogP contribution >= 0.6 is 0 Å². The fourth-order valence-electron chi connectivity index (χ4n) is 3.33. The van der Waals surface area contributed by atoms with Gasteiger partial charge in [-0.2, -0.15) is 4.31 Å². The van der Waals surface area contributed by atoms with Gasteiger partial charge in [-0.3, -0.25) is 4.79 Å². The SMILES string of the molecule is CCCc1ccc(OCCCC(=O)Nc2cc(S(=O)(=O)N(CC)CC)ccc2OC)cc1. The first kappa shape index (κ1) is 25.7. The fourth-order valence-corrected chi connectivity index (χ4v) is 4.82. The van der Waals surface area contributed by atoms with Gasteiger partial charge in [0.1, 0.15) is 11.5 Å². The molecule has 0 bridgehead atoms. The average Bonchev–Trinajstić information content (AvgIpc) is 2.78. The van der Waals surface area contributed by atoms with Gasteiger partial charge in [0.15, 0.2) is 0 Å². The molecule has 0 saturated heterocycles. The highest BCUT2D eigenvalue weighted by atomic mass is 32.2. The Labute approximate surface area is 191 Å². The lowest BCUT2D eigenvalue weighted by Crippen LogP contribution is -2.30. The van der Waals surface area contributed by atoms with E-state index < -0.39 is 10.0 Å². The maximum atomic E-state index is 12.8. The van der Waals surface area contributed by atoms with Gasteiger partial charge in [0.2, 0.25) is 15.9 Å². The van der Waals surface area contributed by atoms with E-state index in [9.17, 15) is 13.2 Å². The summed E-state index contributed by atoms with van der Waals surface area (Å²) in [6.07, 6.45) is 2.91. The van der Waals surface area contributed by atoms with Crippen LogP contribution in [0.5, 0.6) is 11.5 Å². The lowest BCUT2D eigenvalue weighted by atomic mass is 10.1. The number of amides is 1. The van der Waals surface area contributed by atoms with Crippen molar-refractivity contribution in [3.63, 3.8) is 0 Å². The molecule has 0 radical (unpaired) electrons. The highest BCUT2D eigenvalue weighted by molar-refractivity contribution is 7.89. The molecular weight excluding hydrogens is 428 g/mol. The van der Waals surface area contributed by atoms with E-state index >= 15 is 0 Å². The Morgan fingerprint density at radius 2 is 1.72 bits per heavy atom. The second-order valence-electron chi connectivity index (χ2n) is 7.35. The summed E-state index contributed by atoms with van der Waals surface area (Å²) in [5.74, 6) is 0.948. The number of hydrogen-bond donors (Lipinski definition) is 1. The van der Waals surface area contributed by atoms with Gasteiger partial charge in [-0.25, -0.2) is 8.42 Å². The van der Waals surface area contributed by atoms with E-state index in [1.165, 1.54) is 29.1 Å². The van der Waals surface area contributed by atoms with Crippen LogP contribution in [0.15, 0.2) is 47.4 Å². The van der Waals surface area contributed by atoms with Crippen LogP contribution in [0.4, 0.5) is 5.69 Å². The van der Waals surface area contributed by atoms with Gasteiger partial charge in [-0.1, -0.05) is 39.3 Å². The molecule has 0 aliphatic heterocycles. The Kier molecular flexibility index (Phi) is 9.99. The van der Waals surface area contributed by atoms with Crippen molar-refractivity contribution in [2.45, 2.75) is 51.3 Å². The summed E-state index contributed by atoms with van der Waals surface area (Å²) in [4.78, 5) is 12.6. The largest absolute Gasteiger partial charge is 0.495 e. The third-order valence-electron chi connectivity index (χ3n) is 5.07. The van der Waals surface area contributed by atoms with Crippen LogP contribution in [0.25, 0.3) is 0 Å². The normalized spacial score (nSPS) is 11.4. The molecule has 0 unspecified atom stereocenters. The Hall–Kier alpha value is -2.58. The number of rotatable bonds is 13. The predicted molar refractivity (Wildman–Crippen MR) is 127 cm³/mol. The monoisotopic (exact) mass is 462 g/mol. The van der Waals surface area contributed by atoms with Crippen LogP contribution in [-0.2, 0) is 21.2 Å². The van der Waals surface area contributed by atoms with Gasteiger partial charge in [0, 0.05) is 19.5 Å². The Morgan fingerprint density at radius 3 is 2.31 bits per heavy atom. The molecule has 0 fully saturated rings. The third-order valence-corrected chi connectivity index (χ3v) is 7.11. The van der Waals surface area contributed by atoms with Crippen molar-refractivity contribution >= 4 is 21.6 Å². The zero-order chi connectivity index (χ0) is 23.6. The highest BCUT2D eigenvalue weighted by Crippen LogP contribution is 2.29. The summed E-state index contributed by atoms with van der Waals surface area (Å²) in [6.45, 7) is 6.87. The molecule has 0 aliphatic carbocycles. The molecule has 32 heavy (non-hydrogen) atoms. The maximum absolute atomic E-state index is 12.8. The van der Waals surface area contributed by atoms with Crippen molar-refractivity contribution < 1.29 is 22.7 Å². The molecule has 7 nitrogen and oxygen atoms in total. The minimum atomic E-state index is -3.64. The van der Waals surface area contributed by atoms with Crippen molar-refractivity contribution in [1.29, 1.82) is 0 Å². The van der Waals surface area contributed by atoms with Gasteiger partial charge in [0.25, 0.3) is 0 Å². The molecular formula is C24H34N2O5S. The van der Waals surface area contributed by atoms with Gasteiger partial charge in [-0.15, -0.1) is 0 Å². The van der Waals surface area contributed by atoms with Crippen molar-refractivity contribution in [3.05, 3.63) is 48.0 Å². The Morgan fingerprint density at radius 1 is 1.03 bits per heavy atom. The third kappa shape index (κ3) is 6.97. The number of anilines is 1. The topological polar surface area (TPSA) is 84.9 Å². The number of nitrogens with one attached hydrogen (secondary N) is 1. The minimum absolute atomic E-state index is 0.118. The summed E-state index contributed by atoms with van der Waals surface area (Å²) >= 11 is 0. The average molecular weight is 463 g/mol. The molecule has 0 atom stereocenters. The van der Waals surface area contributed by atoms with E-state index in [0.29, 0.717) is 37.6 Å². The van der Waals surface area contributed by atoms with E-state index in [2.05, 4.69) is 24.4 Å². The standard InChI is InChI=1S/C24H34N2O5S/c1-5-9-19-11-13-20(14-12-19)31-17-8-10-24(27)25-22-18-21(15-16-23(22)30-4)32(28,29)26(6-2)7-3/h11-16,18H,5-10,17H2,1-4H3,(H,25,27). The first-order valence-electron chi connectivity index (χ1n) is 11.0.